The molecule has 0 saturated carbocycles. The average Bonchev–Trinajstić information content (AvgIpc) is 3.45. The van der Waals surface area contributed by atoms with E-state index in [1.54, 1.807) is 0 Å². The average molecular weight is 352 g/mol. The number of nitrogens with one attached hydrogen (secondary N) is 1. The van der Waals surface area contributed by atoms with E-state index in [9.17, 15) is 0 Å². The van der Waals surface area contributed by atoms with Gasteiger partial charge in [-0.2, -0.15) is 0 Å². The highest BCUT2D eigenvalue weighted by atomic mass is 15.3. The fraction of sp³-hybridized carbons (Fsp3) is 0.500. The van der Waals surface area contributed by atoms with E-state index in [0.717, 1.165) is 54.2 Å². The van der Waals surface area contributed by atoms with Crippen LogP contribution in [-0.2, 0) is 0 Å². The van der Waals surface area contributed by atoms with Gasteiger partial charge in [-0.15, -0.1) is 0 Å². The molecule has 1 saturated heterocycles. The van der Waals surface area contributed by atoms with Gasteiger partial charge in [0.2, 0.25) is 0 Å². The predicted octanol–water partition coefficient (Wildman–Crippen LogP) is 2.25. The van der Waals surface area contributed by atoms with Gasteiger partial charge in [-0.25, -0.2) is 4.98 Å². The molecule has 1 N–H and O–H groups in total. The number of fused-ring (bicyclic) bond motifs is 1. The Kier molecular flexibility index (Phi) is 4.44. The molecular weight excluding hydrogens is 324 g/mol. The smallest absolute Gasteiger partial charge is 0.172 e. The quantitative estimate of drug-likeness (QED) is 0.858. The summed E-state index contributed by atoms with van der Waals surface area (Å²) in [5.41, 5.74) is 4.25. The number of aromatic nitrogens is 2. The van der Waals surface area contributed by atoms with Crippen LogP contribution in [0.3, 0.4) is 0 Å². The summed E-state index contributed by atoms with van der Waals surface area (Å²) < 4.78 is 2.32. The predicted molar refractivity (Wildman–Crippen MR) is 108 cm³/mol. The molecule has 1 aliphatic heterocycles. The van der Waals surface area contributed by atoms with Crippen molar-refractivity contribution in [2.75, 3.05) is 50.5 Å². The summed E-state index contributed by atoms with van der Waals surface area (Å²) >= 11 is 0. The number of nitrogens with zero attached hydrogens (tertiary/aromatic N) is 5. The molecule has 26 heavy (non-hydrogen) atoms. The Morgan fingerprint density at radius 2 is 1.88 bits per heavy atom. The maximum Gasteiger partial charge on any atom is 0.172 e. The number of anilines is 2. The van der Waals surface area contributed by atoms with Gasteiger partial charge in [0.25, 0.3) is 0 Å². The zero-order valence-corrected chi connectivity index (χ0v) is 16.1. The molecule has 2 aromatic rings. The van der Waals surface area contributed by atoms with E-state index < -0.39 is 0 Å². The molecule has 0 unspecified atom stereocenters. The van der Waals surface area contributed by atoms with Crippen LogP contribution in [0.5, 0.6) is 0 Å². The standard InChI is InChI=1S/C20H28N6/c1-14(2)22-15-5-8-17-18(13-15)26(16-6-7-16)19(21-3)20(23-17)25-11-9-24(4)10-12-25/h5-8,13-14,16,22H,9-12H2,1-4H3. The summed E-state index contributed by atoms with van der Waals surface area (Å²) in [6, 6.07) is 7.15. The van der Waals surface area contributed by atoms with Crippen molar-refractivity contribution >= 4 is 22.5 Å². The van der Waals surface area contributed by atoms with E-state index in [-0.39, 0.29) is 0 Å². The summed E-state index contributed by atoms with van der Waals surface area (Å²) in [6.07, 6.45) is 4.43. The van der Waals surface area contributed by atoms with Crippen LogP contribution < -0.4 is 15.7 Å². The highest BCUT2D eigenvalue weighted by Crippen LogP contribution is 2.28. The normalized spacial score (nSPS) is 19.0. The lowest BCUT2D eigenvalue weighted by Gasteiger charge is -2.33. The molecule has 4 rings (SSSR count). The number of hydrogen-bond acceptors (Lipinski definition) is 5. The van der Waals surface area contributed by atoms with E-state index in [0.29, 0.717) is 12.1 Å². The first-order valence-electron chi connectivity index (χ1n) is 9.44. The Balaban J connectivity index is 1.86. The van der Waals surface area contributed by atoms with Crippen LogP contribution in [0.2, 0.25) is 0 Å². The van der Waals surface area contributed by atoms with Gasteiger partial charge < -0.3 is 19.7 Å². The second-order valence-electron chi connectivity index (χ2n) is 7.52. The van der Waals surface area contributed by atoms with E-state index in [4.69, 9.17) is 4.98 Å². The largest absolute Gasteiger partial charge is 0.383 e. The lowest BCUT2D eigenvalue weighted by molar-refractivity contribution is 0.311. The van der Waals surface area contributed by atoms with Crippen molar-refractivity contribution in [1.29, 1.82) is 0 Å². The molecule has 6 nitrogen and oxygen atoms in total. The Hall–Kier alpha value is -2.34. The lowest BCUT2D eigenvalue weighted by atomic mass is 10.2. The van der Waals surface area contributed by atoms with Crippen LogP contribution in [0.1, 0.15) is 19.9 Å². The number of rotatable bonds is 4. The highest BCUT2D eigenvalue weighted by Gasteiger charge is 2.24. The Labute approximate surface area is 154 Å². The van der Waals surface area contributed by atoms with Gasteiger partial charge in [0.1, 0.15) is 0 Å². The molecule has 0 atom stereocenters. The lowest BCUT2D eigenvalue weighted by Crippen LogP contribution is -2.47. The van der Waals surface area contributed by atoms with Crippen LogP contribution in [-0.4, -0.2) is 60.8 Å². The van der Waals surface area contributed by atoms with E-state index in [1.807, 2.05) is 7.05 Å². The number of piperazine rings is 1. The third-order valence-corrected chi connectivity index (χ3v) is 5.02. The van der Waals surface area contributed by atoms with Crippen molar-refractivity contribution in [2.45, 2.75) is 25.9 Å². The van der Waals surface area contributed by atoms with Crippen molar-refractivity contribution in [3.05, 3.63) is 35.8 Å². The van der Waals surface area contributed by atoms with Crippen LogP contribution >= 0.6 is 0 Å². The van der Waals surface area contributed by atoms with Gasteiger partial charge in [-0.3, -0.25) is 4.99 Å². The highest BCUT2D eigenvalue weighted by molar-refractivity contribution is 5.81. The number of benzene rings is 1. The van der Waals surface area contributed by atoms with E-state index in [1.165, 1.54) is 0 Å². The first-order valence-corrected chi connectivity index (χ1v) is 9.44. The fourth-order valence-corrected chi connectivity index (χ4v) is 3.58. The molecule has 2 heterocycles. The maximum absolute atomic E-state index is 5.02. The number of hydrogen-bond donors (Lipinski definition) is 1. The van der Waals surface area contributed by atoms with Gasteiger partial charge in [0.05, 0.1) is 17.1 Å². The Morgan fingerprint density at radius 1 is 1.15 bits per heavy atom. The minimum absolute atomic E-state index is 0.305. The van der Waals surface area contributed by atoms with Crippen molar-refractivity contribution in [1.82, 2.24) is 14.5 Å². The second-order valence-corrected chi connectivity index (χ2v) is 7.52. The molecule has 6 heteroatoms. The number of allylic oxidation sites excluding steroid dienone is 2. The molecule has 0 bridgehead atoms. The van der Waals surface area contributed by atoms with Crippen LogP contribution in [0.25, 0.3) is 11.0 Å². The molecule has 2 aliphatic rings. The van der Waals surface area contributed by atoms with Gasteiger partial charge in [-0.05, 0) is 39.1 Å². The Bertz CT molecular complexity index is 896. The Morgan fingerprint density at radius 3 is 2.50 bits per heavy atom. The van der Waals surface area contributed by atoms with Crippen LogP contribution in [0.4, 0.5) is 11.5 Å². The van der Waals surface area contributed by atoms with E-state index in [2.05, 4.69) is 75.9 Å². The molecule has 138 valence electrons. The second kappa shape index (κ2) is 6.76. The van der Waals surface area contributed by atoms with Gasteiger partial charge >= 0.3 is 0 Å². The van der Waals surface area contributed by atoms with Gasteiger partial charge in [0, 0.05) is 45.0 Å². The van der Waals surface area contributed by atoms with Gasteiger partial charge in [0.15, 0.2) is 11.3 Å². The van der Waals surface area contributed by atoms with Gasteiger partial charge in [-0.1, -0.05) is 12.2 Å². The summed E-state index contributed by atoms with van der Waals surface area (Å²) in [5.74, 6) is 1.01. The van der Waals surface area contributed by atoms with Crippen LogP contribution in [0.15, 0.2) is 35.3 Å². The summed E-state index contributed by atoms with van der Waals surface area (Å²) in [6.45, 7) is 8.40. The zero-order chi connectivity index (χ0) is 18.3. The SMILES string of the molecule is CN=c1c(N2CCN(C)CC2)nc2ccc(NC(C)C)cc2n1C1C=C1. The van der Waals surface area contributed by atoms with Crippen molar-refractivity contribution < 1.29 is 0 Å². The minimum atomic E-state index is 0.305. The molecule has 1 fully saturated rings. The third kappa shape index (κ3) is 3.21. The summed E-state index contributed by atoms with van der Waals surface area (Å²) in [5, 5.41) is 3.50. The van der Waals surface area contributed by atoms with E-state index >= 15 is 0 Å². The van der Waals surface area contributed by atoms with Crippen molar-refractivity contribution in [3.8, 4) is 0 Å². The topological polar surface area (TPSA) is 48.7 Å². The van der Waals surface area contributed by atoms with Crippen molar-refractivity contribution in [3.63, 3.8) is 0 Å². The molecular formula is C20H28N6. The van der Waals surface area contributed by atoms with Crippen molar-refractivity contribution in [2.24, 2.45) is 4.99 Å². The summed E-state index contributed by atoms with van der Waals surface area (Å²) in [4.78, 5) is 14.4. The monoisotopic (exact) mass is 352 g/mol. The summed E-state index contributed by atoms with van der Waals surface area (Å²) in [7, 11) is 4.05. The maximum atomic E-state index is 5.02. The minimum Gasteiger partial charge on any atom is -0.383 e. The molecule has 1 aromatic heterocycles. The first kappa shape index (κ1) is 17.1. The zero-order valence-electron chi connectivity index (χ0n) is 16.1. The molecule has 1 aromatic carbocycles. The molecule has 0 spiro atoms. The fourth-order valence-electron chi connectivity index (χ4n) is 3.58. The number of likely N-dealkylation sites (N-methyl/N-ethyl adjacent to an activating group) is 1. The third-order valence-electron chi connectivity index (χ3n) is 5.02. The molecule has 1 aliphatic carbocycles. The van der Waals surface area contributed by atoms with Crippen LogP contribution in [0, 0.1) is 0 Å². The first-order chi connectivity index (χ1) is 12.6. The molecule has 0 amide bonds. The molecule has 0 radical (unpaired) electrons.